The number of likely N-dealkylation sites (tertiary alicyclic amines) is 1. The molecule has 1 aliphatic heterocycles. The Labute approximate surface area is 192 Å². The monoisotopic (exact) mass is 454 g/mol. The van der Waals surface area contributed by atoms with Gasteiger partial charge in [-0.1, -0.05) is 42.8 Å². The Morgan fingerprint density at radius 3 is 2.70 bits per heavy atom. The van der Waals surface area contributed by atoms with Gasteiger partial charge in [-0.15, -0.1) is 5.10 Å². The van der Waals surface area contributed by atoms with Crippen LogP contribution in [0.3, 0.4) is 0 Å². The number of β-amino-alcohol motifs (C(OH)–C–C–N with tert-alkyl or cyclic N) is 1. The summed E-state index contributed by atoms with van der Waals surface area (Å²) in [7, 11) is 1.57. The largest absolute Gasteiger partial charge is 0.395 e. The van der Waals surface area contributed by atoms with Crippen LogP contribution in [0.5, 0.6) is 0 Å². The lowest BCUT2D eigenvalue weighted by atomic mass is 9.68. The molecule has 0 unspecified atom stereocenters. The third-order valence-corrected chi connectivity index (χ3v) is 6.72. The lowest BCUT2D eigenvalue weighted by Crippen LogP contribution is -2.48. The molecule has 1 saturated heterocycles. The Kier molecular flexibility index (Phi) is 6.73. The van der Waals surface area contributed by atoms with Crippen molar-refractivity contribution in [1.29, 1.82) is 0 Å². The minimum atomic E-state index is -0.810. The molecule has 176 valence electrons. The van der Waals surface area contributed by atoms with E-state index in [0.29, 0.717) is 0 Å². The molecule has 0 spiro atoms. The normalized spacial score (nSPS) is 26.5. The van der Waals surface area contributed by atoms with Crippen molar-refractivity contribution in [3.63, 3.8) is 0 Å². The molecule has 0 bridgehead atoms. The Hall–Kier alpha value is -3.27. The van der Waals surface area contributed by atoms with Gasteiger partial charge in [-0.3, -0.25) is 14.4 Å². The van der Waals surface area contributed by atoms with Gasteiger partial charge in [-0.25, -0.2) is 4.68 Å². The summed E-state index contributed by atoms with van der Waals surface area (Å²) in [4.78, 5) is 41.0. The van der Waals surface area contributed by atoms with E-state index in [1.807, 2.05) is 43.3 Å². The average Bonchev–Trinajstić information content (AvgIpc) is 3.36. The van der Waals surface area contributed by atoms with Crippen LogP contribution in [-0.2, 0) is 21.1 Å². The number of nitrogens with one attached hydrogen (secondary N) is 2. The van der Waals surface area contributed by atoms with Crippen LogP contribution < -0.4 is 10.6 Å². The van der Waals surface area contributed by atoms with E-state index in [2.05, 4.69) is 20.9 Å². The van der Waals surface area contributed by atoms with Crippen molar-refractivity contribution < 1.29 is 19.5 Å². The van der Waals surface area contributed by atoms with Crippen molar-refractivity contribution in [2.24, 2.45) is 23.7 Å². The number of carbonyl (C=O) groups is 3. The number of allylic oxidation sites excluding steroid dienone is 1. The summed E-state index contributed by atoms with van der Waals surface area (Å²) in [6, 6.07) is 6.62. The maximum Gasteiger partial charge on any atom is 0.244 e. The molecule has 10 heteroatoms. The molecule has 3 N–H and O–H groups in total. The first-order valence-electron chi connectivity index (χ1n) is 11.4. The lowest BCUT2D eigenvalue weighted by molar-refractivity contribution is -0.141. The molecule has 1 fully saturated rings. The number of hydrogen-bond acceptors (Lipinski definition) is 6. The van der Waals surface area contributed by atoms with Crippen molar-refractivity contribution >= 4 is 28.8 Å². The Balaban J connectivity index is 1.60. The predicted molar refractivity (Wildman–Crippen MR) is 120 cm³/mol. The van der Waals surface area contributed by atoms with Gasteiger partial charge < -0.3 is 20.6 Å². The fourth-order valence-electron chi connectivity index (χ4n) is 5.27. The molecule has 1 aliphatic carbocycles. The maximum absolute atomic E-state index is 13.4. The van der Waals surface area contributed by atoms with Crippen LogP contribution in [0.15, 0.2) is 36.4 Å². The molecule has 33 heavy (non-hydrogen) atoms. The van der Waals surface area contributed by atoms with E-state index in [4.69, 9.17) is 0 Å². The molecule has 0 saturated carbocycles. The zero-order valence-electron chi connectivity index (χ0n) is 18.8. The summed E-state index contributed by atoms with van der Waals surface area (Å²) in [6.45, 7) is 1.90. The summed E-state index contributed by atoms with van der Waals surface area (Å²) in [5, 5.41) is 23.3. The van der Waals surface area contributed by atoms with E-state index in [-0.39, 0.29) is 43.5 Å². The quantitative estimate of drug-likeness (QED) is 0.492. The standard InChI is InChI=1S/C23H30N6O4/c1-3-6-14-9-10-15-19(18(14)21(31)24-2)23(33)28(11-12-30)20(15)22(32)25-13-29-17-8-5-4-7-16(17)26-27-29/h4-5,7-10,14-15,18-20,30H,3,6,11-13H2,1-2H3,(H,24,31)(H,25,32)/t14-,15+,18-,19-,20+/m1/s1. The molecule has 2 aliphatic rings. The van der Waals surface area contributed by atoms with E-state index in [1.165, 1.54) is 4.90 Å². The van der Waals surface area contributed by atoms with Gasteiger partial charge in [0.05, 0.1) is 24.0 Å². The first-order chi connectivity index (χ1) is 16.0. The minimum absolute atomic E-state index is 0.0307. The highest BCUT2D eigenvalue weighted by atomic mass is 16.3. The number of benzene rings is 1. The van der Waals surface area contributed by atoms with Crippen LogP contribution in [-0.4, -0.2) is 69.0 Å². The average molecular weight is 455 g/mol. The van der Waals surface area contributed by atoms with Crippen molar-refractivity contribution in [3.05, 3.63) is 36.4 Å². The molecular weight excluding hydrogens is 424 g/mol. The van der Waals surface area contributed by atoms with Crippen LogP contribution >= 0.6 is 0 Å². The van der Waals surface area contributed by atoms with Crippen LogP contribution in [0, 0.1) is 23.7 Å². The fraction of sp³-hybridized carbons (Fsp3) is 0.522. The van der Waals surface area contributed by atoms with Crippen molar-refractivity contribution in [1.82, 2.24) is 30.5 Å². The first-order valence-corrected chi connectivity index (χ1v) is 11.4. The van der Waals surface area contributed by atoms with Crippen molar-refractivity contribution in [2.45, 2.75) is 32.5 Å². The first kappa shape index (κ1) is 22.9. The number of carbonyl (C=O) groups excluding carboxylic acids is 3. The number of aliphatic hydroxyl groups excluding tert-OH is 1. The van der Waals surface area contributed by atoms with Gasteiger partial charge in [0.25, 0.3) is 0 Å². The van der Waals surface area contributed by atoms with Gasteiger partial charge in [-0.2, -0.15) is 0 Å². The zero-order valence-corrected chi connectivity index (χ0v) is 18.8. The number of rotatable bonds is 8. The molecule has 1 aromatic carbocycles. The predicted octanol–water partition coefficient (Wildman–Crippen LogP) is 0.289. The number of para-hydroxylation sites is 1. The van der Waals surface area contributed by atoms with Gasteiger partial charge in [0, 0.05) is 19.5 Å². The van der Waals surface area contributed by atoms with Gasteiger partial charge in [0.2, 0.25) is 17.7 Å². The number of nitrogens with zero attached hydrogens (tertiary/aromatic N) is 4. The molecule has 5 atom stereocenters. The summed E-state index contributed by atoms with van der Waals surface area (Å²) < 4.78 is 1.58. The highest BCUT2D eigenvalue weighted by Gasteiger charge is 2.56. The van der Waals surface area contributed by atoms with Crippen LogP contribution in [0.1, 0.15) is 19.8 Å². The molecule has 3 amide bonds. The summed E-state index contributed by atoms with van der Waals surface area (Å²) >= 11 is 0. The van der Waals surface area contributed by atoms with Gasteiger partial charge in [-0.05, 0) is 24.5 Å². The third-order valence-electron chi connectivity index (χ3n) is 6.72. The van der Waals surface area contributed by atoms with Crippen molar-refractivity contribution in [2.75, 3.05) is 20.2 Å². The van der Waals surface area contributed by atoms with Gasteiger partial charge >= 0.3 is 0 Å². The topological polar surface area (TPSA) is 129 Å². The molecule has 0 radical (unpaired) electrons. The highest BCUT2D eigenvalue weighted by molar-refractivity contribution is 5.96. The number of hydrogen-bond donors (Lipinski definition) is 3. The molecule has 2 heterocycles. The molecule has 10 nitrogen and oxygen atoms in total. The number of amides is 3. The summed E-state index contributed by atoms with van der Waals surface area (Å²) in [5.74, 6) is -2.51. The number of fused-ring (bicyclic) bond motifs is 2. The molecular formula is C23H30N6O4. The molecule has 4 rings (SSSR count). The van der Waals surface area contributed by atoms with E-state index in [9.17, 15) is 19.5 Å². The second-order valence-electron chi connectivity index (χ2n) is 8.56. The second-order valence-corrected chi connectivity index (χ2v) is 8.56. The number of aromatic nitrogens is 3. The fourth-order valence-corrected chi connectivity index (χ4v) is 5.27. The molecule has 1 aromatic heterocycles. The second kappa shape index (κ2) is 9.70. The van der Waals surface area contributed by atoms with Crippen LogP contribution in [0.2, 0.25) is 0 Å². The van der Waals surface area contributed by atoms with Gasteiger partial charge in [0.15, 0.2) is 0 Å². The smallest absolute Gasteiger partial charge is 0.244 e. The molecule has 2 aromatic rings. The third kappa shape index (κ3) is 4.10. The Morgan fingerprint density at radius 2 is 1.97 bits per heavy atom. The summed E-state index contributed by atoms with van der Waals surface area (Å²) in [5.41, 5.74) is 1.50. The highest BCUT2D eigenvalue weighted by Crippen LogP contribution is 2.45. The van der Waals surface area contributed by atoms with Gasteiger partial charge in [0.1, 0.15) is 18.2 Å². The minimum Gasteiger partial charge on any atom is -0.395 e. The maximum atomic E-state index is 13.4. The van der Waals surface area contributed by atoms with E-state index < -0.39 is 23.8 Å². The van der Waals surface area contributed by atoms with E-state index in [0.717, 1.165) is 23.9 Å². The van der Waals surface area contributed by atoms with Crippen LogP contribution in [0.4, 0.5) is 0 Å². The van der Waals surface area contributed by atoms with E-state index >= 15 is 0 Å². The SMILES string of the molecule is CCC[C@@H]1C=C[C@H]2[C@@H](C(=O)N(CCO)[C@@H]2C(=O)NCn2nnc3ccccc32)[C@@H]1C(=O)NC. The van der Waals surface area contributed by atoms with Crippen LogP contribution in [0.25, 0.3) is 11.0 Å². The van der Waals surface area contributed by atoms with Crippen molar-refractivity contribution in [3.8, 4) is 0 Å². The zero-order chi connectivity index (χ0) is 23.5. The Morgan fingerprint density at radius 1 is 1.18 bits per heavy atom. The number of aliphatic hydroxyl groups is 1. The lowest BCUT2D eigenvalue weighted by Gasteiger charge is -2.34. The summed E-state index contributed by atoms with van der Waals surface area (Å²) in [6.07, 6.45) is 5.55. The van der Waals surface area contributed by atoms with E-state index in [1.54, 1.807) is 11.7 Å². The Bertz CT molecular complexity index is 1070.